The van der Waals surface area contributed by atoms with E-state index in [1.54, 1.807) is 23.1 Å². The summed E-state index contributed by atoms with van der Waals surface area (Å²) in [6.07, 6.45) is 1.99. The second-order valence-electron chi connectivity index (χ2n) is 6.89. The molecule has 7 heteroatoms. The first-order valence-corrected chi connectivity index (χ1v) is 9.39. The fourth-order valence-electron chi connectivity index (χ4n) is 3.56. The molecule has 1 atom stereocenters. The van der Waals surface area contributed by atoms with Crippen LogP contribution in [-0.4, -0.2) is 45.3 Å². The number of phenols is 1. The van der Waals surface area contributed by atoms with Gasteiger partial charge in [-0.2, -0.15) is 5.10 Å². The third kappa shape index (κ3) is 3.31. The first-order chi connectivity index (χ1) is 13.5. The van der Waals surface area contributed by atoms with Crippen molar-refractivity contribution in [3.05, 3.63) is 53.7 Å². The van der Waals surface area contributed by atoms with E-state index < -0.39 is 0 Å². The number of fused-ring (bicyclic) bond motifs is 1. The Hall–Kier alpha value is -2.99. The van der Waals surface area contributed by atoms with Gasteiger partial charge < -0.3 is 14.7 Å². The molecular formula is C21H20ClN3O3. The van der Waals surface area contributed by atoms with Crippen LogP contribution >= 0.6 is 11.6 Å². The monoisotopic (exact) mass is 397 g/mol. The van der Waals surface area contributed by atoms with Crippen LogP contribution in [0, 0.1) is 6.92 Å². The molecular weight excluding hydrogens is 378 g/mol. The number of halogens is 1. The van der Waals surface area contributed by atoms with Crippen molar-refractivity contribution in [1.29, 1.82) is 0 Å². The molecule has 1 saturated heterocycles. The quantitative estimate of drug-likeness (QED) is 0.650. The molecule has 2 N–H and O–H groups in total. The summed E-state index contributed by atoms with van der Waals surface area (Å²) in [5.74, 6) is 0.669. The van der Waals surface area contributed by atoms with Gasteiger partial charge in [-0.25, -0.2) is 0 Å². The number of aromatic nitrogens is 2. The predicted molar refractivity (Wildman–Crippen MR) is 109 cm³/mol. The van der Waals surface area contributed by atoms with E-state index in [1.807, 2.05) is 19.1 Å². The van der Waals surface area contributed by atoms with Gasteiger partial charge in [0, 0.05) is 13.0 Å². The van der Waals surface area contributed by atoms with Crippen LogP contribution in [0.1, 0.15) is 12.1 Å². The van der Waals surface area contributed by atoms with Crippen molar-refractivity contribution in [3.63, 3.8) is 0 Å². The Morgan fingerprint density at radius 3 is 2.96 bits per heavy atom. The average molecular weight is 398 g/mol. The summed E-state index contributed by atoms with van der Waals surface area (Å²) in [7, 11) is 0. The smallest absolute Gasteiger partial charge is 0.246 e. The Labute approximate surface area is 167 Å². The van der Waals surface area contributed by atoms with Gasteiger partial charge in [0.2, 0.25) is 5.91 Å². The lowest BCUT2D eigenvalue weighted by molar-refractivity contribution is -0.125. The average Bonchev–Trinajstić information content (AvgIpc) is 3.30. The maximum absolute atomic E-state index is 11.8. The number of nitrogens with one attached hydrogen (secondary N) is 1. The fourth-order valence-corrected chi connectivity index (χ4v) is 3.74. The summed E-state index contributed by atoms with van der Waals surface area (Å²) in [5, 5.41) is 18.2. The molecule has 0 saturated carbocycles. The molecule has 4 rings (SSSR count). The lowest BCUT2D eigenvalue weighted by Gasteiger charge is -2.17. The minimum absolute atomic E-state index is 0.0401. The highest BCUT2D eigenvalue weighted by Crippen LogP contribution is 2.36. The van der Waals surface area contributed by atoms with Crippen LogP contribution < -0.4 is 4.74 Å². The van der Waals surface area contributed by atoms with Crippen molar-refractivity contribution in [2.24, 2.45) is 0 Å². The fraction of sp³-hybridized carbons (Fsp3) is 0.238. The van der Waals surface area contributed by atoms with Crippen LogP contribution in [0.2, 0.25) is 5.02 Å². The van der Waals surface area contributed by atoms with Gasteiger partial charge in [-0.1, -0.05) is 24.2 Å². The summed E-state index contributed by atoms with van der Waals surface area (Å²) in [6.45, 7) is 6.64. The van der Waals surface area contributed by atoms with Gasteiger partial charge in [-0.15, -0.1) is 0 Å². The molecule has 1 aliphatic rings. The molecule has 28 heavy (non-hydrogen) atoms. The second kappa shape index (κ2) is 7.20. The van der Waals surface area contributed by atoms with Crippen molar-refractivity contribution in [1.82, 2.24) is 15.1 Å². The molecule has 0 radical (unpaired) electrons. The van der Waals surface area contributed by atoms with Gasteiger partial charge in [0.05, 0.1) is 28.2 Å². The number of phenolic OH excluding ortho intramolecular Hbond substituents is 1. The van der Waals surface area contributed by atoms with E-state index in [9.17, 15) is 9.90 Å². The number of hydrogen-bond donors (Lipinski definition) is 2. The van der Waals surface area contributed by atoms with Crippen molar-refractivity contribution < 1.29 is 14.6 Å². The molecule has 144 valence electrons. The number of ether oxygens (including phenoxy) is 1. The minimum Gasteiger partial charge on any atom is -0.506 e. The Balaban J connectivity index is 1.70. The SMILES string of the molecule is C=CC(=O)N1CCC(Oc2cc(-c3ccc(O)c(Cl)c3)cc3[nH]nc(C)c23)C1. The standard InChI is InChI=1S/C21H20ClN3O3/c1-3-20(27)25-7-6-15(11-25)28-19-10-14(9-17-21(19)12(2)23-24-17)13-4-5-18(26)16(22)8-13/h3-5,8-10,15,26H,1,6-7,11H2,2H3,(H,23,24). The highest BCUT2D eigenvalue weighted by atomic mass is 35.5. The van der Waals surface area contributed by atoms with Gasteiger partial charge in [0.1, 0.15) is 17.6 Å². The molecule has 1 aliphatic heterocycles. The number of aryl methyl sites for hydroxylation is 1. The highest BCUT2D eigenvalue weighted by molar-refractivity contribution is 6.32. The summed E-state index contributed by atoms with van der Waals surface area (Å²) < 4.78 is 6.30. The number of rotatable bonds is 4. The Kier molecular flexibility index (Phi) is 4.73. The first kappa shape index (κ1) is 18.4. The number of aromatic hydroxyl groups is 1. The van der Waals surface area contributed by atoms with Crippen LogP contribution in [0.4, 0.5) is 0 Å². The number of carbonyl (C=O) groups excluding carboxylic acids is 1. The minimum atomic E-state index is -0.0972. The van der Waals surface area contributed by atoms with E-state index in [2.05, 4.69) is 16.8 Å². The van der Waals surface area contributed by atoms with E-state index in [-0.39, 0.29) is 22.8 Å². The van der Waals surface area contributed by atoms with Gasteiger partial charge in [0.25, 0.3) is 0 Å². The largest absolute Gasteiger partial charge is 0.506 e. The first-order valence-electron chi connectivity index (χ1n) is 9.02. The molecule has 1 aromatic heterocycles. The number of carbonyl (C=O) groups is 1. The highest BCUT2D eigenvalue weighted by Gasteiger charge is 2.27. The molecule has 6 nitrogen and oxygen atoms in total. The van der Waals surface area contributed by atoms with E-state index in [1.165, 1.54) is 6.08 Å². The van der Waals surface area contributed by atoms with E-state index >= 15 is 0 Å². The van der Waals surface area contributed by atoms with Crippen LogP contribution in [-0.2, 0) is 4.79 Å². The van der Waals surface area contributed by atoms with E-state index in [0.717, 1.165) is 34.1 Å². The van der Waals surface area contributed by atoms with E-state index in [4.69, 9.17) is 16.3 Å². The number of H-pyrrole nitrogens is 1. The second-order valence-corrected chi connectivity index (χ2v) is 7.30. The molecule has 0 bridgehead atoms. The van der Waals surface area contributed by atoms with Crippen LogP contribution in [0.25, 0.3) is 22.0 Å². The van der Waals surface area contributed by atoms with Crippen molar-refractivity contribution in [3.8, 4) is 22.6 Å². The zero-order valence-corrected chi connectivity index (χ0v) is 16.2. The van der Waals surface area contributed by atoms with Crippen LogP contribution in [0.3, 0.4) is 0 Å². The normalized spacial score (nSPS) is 16.5. The third-order valence-electron chi connectivity index (χ3n) is 5.01. The number of likely N-dealkylation sites (tertiary alicyclic amines) is 1. The summed E-state index contributed by atoms with van der Waals surface area (Å²) in [6, 6.07) is 9.01. The lowest BCUT2D eigenvalue weighted by atomic mass is 10.0. The van der Waals surface area contributed by atoms with Gasteiger partial charge >= 0.3 is 0 Å². The molecule has 0 aliphatic carbocycles. The number of aromatic amines is 1. The molecule has 1 fully saturated rings. The number of benzene rings is 2. The van der Waals surface area contributed by atoms with Gasteiger partial charge in [0.15, 0.2) is 0 Å². The molecule has 1 unspecified atom stereocenters. The Morgan fingerprint density at radius 2 is 2.21 bits per heavy atom. The maximum atomic E-state index is 11.8. The lowest BCUT2D eigenvalue weighted by Crippen LogP contribution is -2.29. The number of nitrogens with zero attached hydrogens (tertiary/aromatic N) is 2. The van der Waals surface area contributed by atoms with Crippen molar-refractivity contribution >= 4 is 28.4 Å². The van der Waals surface area contributed by atoms with Gasteiger partial charge in [-0.3, -0.25) is 9.89 Å². The summed E-state index contributed by atoms with van der Waals surface area (Å²) in [4.78, 5) is 13.6. The Morgan fingerprint density at radius 1 is 1.39 bits per heavy atom. The van der Waals surface area contributed by atoms with Crippen molar-refractivity contribution in [2.45, 2.75) is 19.4 Å². The molecule has 3 aromatic rings. The Bertz CT molecular complexity index is 1080. The number of amides is 1. The molecule has 1 amide bonds. The van der Waals surface area contributed by atoms with E-state index in [0.29, 0.717) is 18.8 Å². The van der Waals surface area contributed by atoms with Gasteiger partial charge in [-0.05, 0) is 48.4 Å². The maximum Gasteiger partial charge on any atom is 0.246 e. The molecule has 2 heterocycles. The van der Waals surface area contributed by atoms with Crippen LogP contribution in [0.15, 0.2) is 43.0 Å². The molecule has 2 aromatic carbocycles. The summed E-state index contributed by atoms with van der Waals surface area (Å²) >= 11 is 6.08. The zero-order valence-electron chi connectivity index (χ0n) is 15.4. The molecule has 0 spiro atoms. The number of hydrogen-bond acceptors (Lipinski definition) is 4. The summed E-state index contributed by atoms with van der Waals surface area (Å²) in [5.41, 5.74) is 3.45. The zero-order chi connectivity index (χ0) is 19.8. The predicted octanol–water partition coefficient (Wildman–Crippen LogP) is 4.06. The topological polar surface area (TPSA) is 78.5 Å². The third-order valence-corrected chi connectivity index (χ3v) is 5.32. The van der Waals surface area contributed by atoms with Crippen molar-refractivity contribution in [2.75, 3.05) is 13.1 Å². The van der Waals surface area contributed by atoms with Crippen LogP contribution in [0.5, 0.6) is 11.5 Å².